The molecule has 0 unspecified atom stereocenters. The molecule has 0 saturated heterocycles. The summed E-state index contributed by atoms with van der Waals surface area (Å²) in [4.78, 5) is 35.2. The largest absolute Gasteiger partial charge is 0.478 e. The Bertz CT molecular complexity index is 824. The van der Waals surface area contributed by atoms with E-state index in [4.69, 9.17) is 5.11 Å². The van der Waals surface area contributed by atoms with E-state index in [0.717, 1.165) is 12.0 Å². The second-order valence-corrected chi connectivity index (χ2v) is 7.00. The number of hydrogen-bond donors (Lipinski definition) is 3. The molecule has 2 aromatic rings. The number of carbonyl (C=O) groups excluding carboxylic acids is 2. The van der Waals surface area contributed by atoms with Crippen LogP contribution >= 0.6 is 0 Å². The maximum absolute atomic E-state index is 12.2. The highest BCUT2D eigenvalue weighted by atomic mass is 16.4. The van der Waals surface area contributed by atoms with E-state index in [0.29, 0.717) is 11.3 Å². The number of carboxylic acids is 1. The molecule has 6 nitrogen and oxygen atoms in total. The summed E-state index contributed by atoms with van der Waals surface area (Å²) in [7, 11) is 0. The van der Waals surface area contributed by atoms with E-state index in [1.165, 1.54) is 12.1 Å². The number of anilines is 1. The van der Waals surface area contributed by atoms with E-state index in [1.807, 2.05) is 20.8 Å². The number of hydrogen-bond acceptors (Lipinski definition) is 3. The third-order valence-electron chi connectivity index (χ3n) is 4.33. The molecule has 0 aliphatic carbocycles. The van der Waals surface area contributed by atoms with E-state index in [-0.39, 0.29) is 29.3 Å². The molecule has 0 saturated carbocycles. The SMILES string of the molecule is CCC(C)(C)NC(=O)c1ccc(NC(=O)Cc2ccc(C(=O)O)cc2)cc1. The smallest absolute Gasteiger partial charge is 0.335 e. The maximum Gasteiger partial charge on any atom is 0.335 e. The lowest BCUT2D eigenvalue weighted by Gasteiger charge is -2.24. The lowest BCUT2D eigenvalue weighted by Crippen LogP contribution is -2.42. The molecule has 6 heteroatoms. The number of carbonyl (C=O) groups is 3. The van der Waals surface area contributed by atoms with Gasteiger partial charge in [0.2, 0.25) is 5.91 Å². The highest BCUT2D eigenvalue weighted by Crippen LogP contribution is 2.13. The second kappa shape index (κ2) is 8.49. The van der Waals surface area contributed by atoms with Crippen molar-refractivity contribution in [3.8, 4) is 0 Å². The fourth-order valence-corrected chi connectivity index (χ4v) is 2.33. The number of nitrogens with one attached hydrogen (secondary N) is 2. The van der Waals surface area contributed by atoms with E-state index in [2.05, 4.69) is 10.6 Å². The van der Waals surface area contributed by atoms with Gasteiger partial charge < -0.3 is 15.7 Å². The van der Waals surface area contributed by atoms with E-state index < -0.39 is 5.97 Å². The Morgan fingerprint density at radius 2 is 1.48 bits per heavy atom. The molecule has 0 aliphatic rings. The first-order valence-electron chi connectivity index (χ1n) is 8.75. The molecular weight excluding hydrogens is 344 g/mol. The molecule has 0 atom stereocenters. The van der Waals surface area contributed by atoms with Crippen LogP contribution in [-0.4, -0.2) is 28.4 Å². The van der Waals surface area contributed by atoms with Crippen LogP contribution in [0.15, 0.2) is 48.5 Å². The molecule has 0 aliphatic heterocycles. The second-order valence-electron chi connectivity index (χ2n) is 7.00. The molecule has 0 fully saturated rings. The Labute approximate surface area is 158 Å². The van der Waals surface area contributed by atoms with E-state index in [9.17, 15) is 14.4 Å². The lowest BCUT2D eigenvalue weighted by molar-refractivity contribution is -0.115. The Morgan fingerprint density at radius 3 is 2.00 bits per heavy atom. The van der Waals surface area contributed by atoms with Crippen molar-refractivity contribution in [1.29, 1.82) is 0 Å². The molecule has 27 heavy (non-hydrogen) atoms. The van der Waals surface area contributed by atoms with Gasteiger partial charge in [-0.3, -0.25) is 9.59 Å². The number of carboxylic acid groups (broad SMARTS) is 1. The van der Waals surface area contributed by atoms with Gasteiger partial charge in [-0.1, -0.05) is 19.1 Å². The Hall–Kier alpha value is -3.15. The summed E-state index contributed by atoms with van der Waals surface area (Å²) in [6, 6.07) is 12.9. The third kappa shape index (κ3) is 5.95. The summed E-state index contributed by atoms with van der Waals surface area (Å²) in [5.74, 6) is -1.38. The lowest BCUT2D eigenvalue weighted by atomic mass is 10.0. The van der Waals surface area contributed by atoms with Gasteiger partial charge in [0.05, 0.1) is 12.0 Å². The molecule has 3 N–H and O–H groups in total. The van der Waals surface area contributed by atoms with Crippen molar-refractivity contribution in [2.24, 2.45) is 0 Å². The van der Waals surface area contributed by atoms with Crippen LogP contribution in [0.2, 0.25) is 0 Å². The zero-order valence-electron chi connectivity index (χ0n) is 15.7. The fourth-order valence-electron chi connectivity index (χ4n) is 2.33. The van der Waals surface area contributed by atoms with Gasteiger partial charge in [-0.25, -0.2) is 4.79 Å². The van der Waals surface area contributed by atoms with Crippen molar-refractivity contribution in [3.05, 3.63) is 65.2 Å². The number of aromatic carboxylic acids is 1. The number of amides is 2. The van der Waals surface area contributed by atoms with Crippen molar-refractivity contribution in [3.63, 3.8) is 0 Å². The van der Waals surface area contributed by atoms with Gasteiger partial charge in [-0.15, -0.1) is 0 Å². The molecular formula is C21H24N2O4. The first kappa shape index (κ1) is 20.2. The summed E-state index contributed by atoms with van der Waals surface area (Å²) in [5.41, 5.74) is 1.74. The van der Waals surface area contributed by atoms with Gasteiger partial charge in [0, 0.05) is 16.8 Å². The van der Waals surface area contributed by atoms with Gasteiger partial charge >= 0.3 is 5.97 Å². The van der Waals surface area contributed by atoms with Crippen molar-refractivity contribution in [2.75, 3.05) is 5.32 Å². The average Bonchev–Trinajstić information content (AvgIpc) is 2.62. The third-order valence-corrected chi connectivity index (χ3v) is 4.33. The summed E-state index contributed by atoms with van der Waals surface area (Å²) in [6.45, 7) is 5.93. The highest BCUT2D eigenvalue weighted by molar-refractivity contribution is 5.96. The van der Waals surface area contributed by atoms with Crippen LogP contribution < -0.4 is 10.6 Å². The first-order valence-corrected chi connectivity index (χ1v) is 8.75. The van der Waals surface area contributed by atoms with Crippen LogP contribution in [0.4, 0.5) is 5.69 Å². The van der Waals surface area contributed by atoms with Crippen LogP contribution in [0.3, 0.4) is 0 Å². The molecule has 0 aromatic heterocycles. The fraction of sp³-hybridized carbons (Fsp3) is 0.286. The molecule has 0 spiro atoms. The molecule has 0 radical (unpaired) electrons. The van der Waals surface area contributed by atoms with Gasteiger partial charge in [0.1, 0.15) is 0 Å². The quantitative estimate of drug-likeness (QED) is 0.697. The van der Waals surface area contributed by atoms with Gasteiger partial charge in [0.15, 0.2) is 0 Å². The summed E-state index contributed by atoms with van der Waals surface area (Å²) >= 11 is 0. The van der Waals surface area contributed by atoms with E-state index >= 15 is 0 Å². The normalized spacial score (nSPS) is 10.9. The number of rotatable bonds is 7. The maximum atomic E-state index is 12.2. The van der Waals surface area contributed by atoms with Gasteiger partial charge in [0.25, 0.3) is 5.91 Å². The van der Waals surface area contributed by atoms with Crippen LogP contribution in [-0.2, 0) is 11.2 Å². The van der Waals surface area contributed by atoms with Crippen LogP contribution in [0.25, 0.3) is 0 Å². The Kier molecular flexibility index (Phi) is 6.34. The van der Waals surface area contributed by atoms with Crippen molar-refractivity contribution >= 4 is 23.5 Å². The molecule has 0 bridgehead atoms. The number of benzene rings is 2. The van der Waals surface area contributed by atoms with Crippen LogP contribution in [0, 0.1) is 0 Å². The minimum atomic E-state index is -1.00. The van der Waals surface area contributed by atoms with E-state index in [1.54, 1.807) is 36.4 Å². The minimum absolute atomic E-state index is 0.132. The average molecular weight is 368 g/mol. The van der Waals surface area contributed by atoms with Crippen molar-refractivity contribution in [1.82, 2.24) is 5.32 Å². The van der Waals surface area contributed by atoms with Crippen molar-refractivity contribution in [2.45, 2.75) is 39.2 Å². The van der Waals surface area contributed by atoms with Gasteiger partial charge in [-0.05, 0) is 62.2 Å². The monoisotopic (exact) mass is 368 g/mol. The predicted octanol–water partition coefficient (Wildman–Crippen LogP) is 3.48. The summed E-state index contributed by atoms with van der Waals surface area (Å²) in [6.07, 6.45) is 0.952. The van der Waals surface area contributed by atoms with Crippen molar-refractivity contribution < 1.29 is 19.5 Å². The zero-order valence-corrected chi connectivity index (χ0v) is 15.7. The predicted molar refractivity (Wildman–Crippen MR) is 104 cm³/mol. The Morgan fingerprint density at radius 1 is 0.926 bits per heavy atom. The van der Waals surface area contributed by atoms with Crippen LogP contribution in [0.5, 0.6) is 0 Å². The summed E-state index contributed by atoms with van der Waals surface area (Å²) < 4.78 is 0. The first-order chi connectivity index (χ1) is 12.7. The standard InChI is InChI=1S/C21H24N2O4/c1-4-21(2,3)23-19(25)15-9-11-17(12-10-15)22-18(24)13-14-5-7-16(8-6-14)20(26)27/h5-12H,4,13H2,1-3H3,(H,22,24)(H,23,25)(H,26,27). The van der Waals surface area contributed by atoms with Crippen LogP contribution in [0.1, 0.15) is 53.5 Å². The molecule has 2 rings (SSSR count). The molecule has 2 amide bonds. The minimum Gasteiger partial charge on any atom is -0.478 e. The zero-order chi connectivity index (χ0) is 20.0. The summed E-state index contributed by atoms with van der Waals surface area (Å²) in [5, 5.41) is 14.6. The Balaban J connectivity index is 1.94. The molecule has 142 valence electrons. The molecule has 0 heterocycles. The topological polar surface area (TPSA) is 95.5 Å². The highest BCUT2D eigenvalue weighted by Gasteiger charge is 2.18. The molecule has 2 aromatic carbocycles. The van der Waals surface area contributed by atoms with Gasteiger partial charge in [-0.2, -0.15) is 0 Å².